The zero-order chi connectivity index (χ0) is 14.0. The number of aryl methyl sites for hydroxylation is 1. The van der Waals surface area contributed by atoms with Crippen LogP contribution in [0, 0.1) is 6.92 Å². The Balaban J connectivity index is 2.36. The Hall–Kier alpha value is -1.80. The summed E-state index contributed by atoms with van der Waals surface area (Å²) in [6.07, 6.45) is 0. The third kappa shape index (κ3) is 2.96. The van der Waals surface area contributed by atoms with E-state index in [1.807, 2.05) is 0 Å². The molecule has 0 saturated heterocycles. The van der Waals surface area contributed by atoms with Gasteiger partial charge in [-0.3, -0.25) is 9.52 Å². The van der Waals surface area contributed by atoms with Crippen LogP contribution in [0.1, 0.15) is 5.69 Å². The van der Waals surface area contributed by atoms with Gasteiger partial charge in [-0.2, -0.15) is 0 Å². The Morgan fingerprint density at radius 1 is 1.37 bits per heavy atom. The van der Waals surface area contributed by atoms with Gasteiger partial charge in [-0.1, -0.05) is 17.4 Å². The molecule has 2 rings (SSSR count). The number of thiazole rings is 1. The number of nitrogens with one attached hydrogen (secondary N) is 2. The van der Waals surface area contributed by atoms with Crippen LogP contribution in [0.15, 0.2) is 33.3 Å². The summed E-state index contributed by atoms with van der Waals surface area (Å²) in [4.78, 5) is 13.2. The molecule has 8 heteroatoms. The zero-order valence-corrected chi connectivity index (χ0v) is 11.9. The first-order chi connectivity index (χ1) is 8.92. The molecule has 1 aromatic carbocycles. The molecule has 0 unspecified atom stereocenters. The highest BCUT2D eigenvalue weighted by molar-refractivity contribution is 7.94. The number of ether oxygens (including phenoxy) is 1. The molecule has 0 aliphatic rings. The predicted molar refractivity (Wildman–Crippen MR) is 73.5 cm³/mol. The van der Waals surface area contributed by atoms with Crippen LogP contribution >= 0.6 is 11.3 Å². The molecular formula is C11H12N2O4S2. The molecule has 1 heterocycles. The van der Waals surface area contributed by atoms with Gasteiger partial charge < -0.3 is 9.72 Å². The van der Waals surface area contributed by atoms with Crippen LogP contribution in [0.3, 0.4) is 0 Å². The molecule has 1 aromatic heterocycles. The number of sulfonamides is 1. The van der Waals surface area contributed by atoms with Crippen molar-refractivity contribution in [2.45, 2.75) is 11.1 Å². The number of benzene rings is 1. The van der Waals surface area contributed by atoms with E-state index in [4.69, 9.17) is 4.74 Å². The first-order valence-electron chi connectivity index (χ1n) is 5.29. The lowest BCUT2D eigenvalue weighted by Gasteiger charge is -2.08. The van der Waals surface area contributed by atoms with Crippen molar-refractivity contribution in [3.8, 4) is 5.75 Å². The maximum Gasteiger partial charge on any atom is 0.306 e. The van der Waals surface area contributed by atoms with Gasteiger partial charge >= 0.3 is 4.87 Å². The fraction of sp³-hybridized carbons (Fsp3) is 0.182. The van der Waals surface area contributed by atoms with E-state index in [0.717, 1.165) is 0 Å². The normalized spacial score (nSPS) is 11.3. The van der Waals surface area contributed by atoms with Gasteiger partial charge in [0.2, 0.25) is 0 Å². The molecule has 0 atom stereocenters. The summed E-state index contributed by atoms with van der Waals surface area (Å²) in [5, 5.41) is 0. The maximum atomic E-state index is 12.1. The van der Waals surface area contributed by atoms with E-state index in [0.29, 0.717) is 28.5 Å². The number of anilines is 1. The summed E-state index contributed by atoms with van der Waals surface area (Å²) in [7, 11) is -2.27. The van der Waals surface area contributed by atoms with Crippen molar-refractivity contribution in [1.29, 1.82) is 0 Å². The lowest BCUT2D eigenvalue weighted by atomic mass is 10.3. The summed E-state index contributed by atoms with van der Waals surface area (Å²) < 4.78 is 31.7. The second kappa shape index (κ2) is 5.06. The summed E-state index contributed by atoms with van der Waals surface area (Å²) in [6.45, 7) is 1.54. The molecule has 0 spiro atoms. The van der Waals surface area contributed by atoms with Gasteiger partial charge in [0.15, 0.2) is 4.21 Å². The monoisotopic (exact) mass is 300 g/mol. The molecular weight excluding hydrogens is 288 g/mol. The van der Waals surface area contributed by atoms with E-state index >= 15 is 0 Å². The van der Waals surface area contributed by atoms with E-state index in [2.05, 4.69) is 9.71 Å². The molecule has 19 heavy (non-hydrogen) atoms. The molecule has 0 aliphatic carbocycles. The van der Waals surface area contributed by atoms with Crippen molar-refractivity contribution in [3.63, 3.8) is 0 Å². The average molecular weight is 300 g/mol. The van der Waals surface area contributed by atoms with Gasteiger partial charge in [0.1, 0.15) is 5.75 Å². The smallest absolute Gasteiger partial charge is 0.306 e. The van der Waals surface area contributed by atoms with Crippen LogP contribution in [0.4, 0.5) is 5.69 Å². The fourth-order valence-corrected chi connectivity index (χ4v) is 3.89. The lowest BCUT2D eigenvalue weighted by Crippen LogP contribution is -2.12. The molecule has 0 bridgehead atoms. The van der Waals surface area contributed by atoms with E-state index in [1.165, 1.54) is 14.0 Å². The van der Waals surface area contributed by atoms with Crippen molar-refractivity contribution in [2.24, 2.45) is 0 Å². The van der Waals surface area contributed by atoms with Crippen LogP contribution in [0.2, 0.25) is 0 Å². The van der Waals surface area contributed by atoms with Crippen molar-refractivity contribution in [1.82, 2.24) is 4.98 Å². The molecule has 0 radical (unpaired) electrons. The molecule has 6 nitrogen and oxygen atoms in total. The van der Waals surface area contributed by atoms with E-state index in [1.54, 1.807) is 24.3 Å². The number of methoxy groups -OCH3 is 1. The third-order valence-corrected chi connectivity index (χ3v) is 5.33. The fourth-order valence-electron chi connectivity index (χ4n) is 1.53. The van der Waals surface area contributed by atoms with Gasteiger partial charge in [0.05, 0.1) is 12.8 Å². The summed E-state index contributed by atoms with van der Waals surface area (Å²) >= 11 is 0.658. The molecule has 0 saturated carbocycles. The highest BCUT2D eigenvalue weighted by atomic mass is 32.2. The number of hydrogen-bond acceptors (Lipinski definition) is 5. The molecule has 102 valence electrons. The van der Waals surface area contributed by atoms with E-state index in [-0.39, 0.29) is 4.21 Å². The van der Waals surface area contributed by atoms with Crippen LogP contribution in [-0.2, 0) is 10.0 Å². The number of hydrogen-bond donors (Lipinski definition) is 2. The highest BCUT2D eigenvalue weighted by Gasteiger charge is 2.20. The third-order valence-electron chi connectivity index (χ3n) is 2.35. The maximum absolute atomic E-state index is 12.1. The quantitative estimate of drug-likeness (QED) is 0.896. The van der Waals surface area contributed by atoms with Crippen molar-refractivity contribution < 1.29 is 13.2 Å². The Morgan fingerprint density at radius 3 is 2.68 bits per heavy atom. The predicted octanol–water partition coefficient (Wildman–Crippen LogP) is 1.55. The minimum Gasteiger partial charge on any atom is -0.497 e. The second-order valence-electron chi connectivity index (χ2n) is 3.76. The minimum absolute atomic E-state index is 0.0136. The highest BCUT2D eigenvalue weighted by Crippen LogP contribution is 2.22. The largest absolute Gasteiger partial charge is 0.497 e. The van der Waals surface area contributed by atoms with E-state index < -0.39 is 14.9 Å². The van der Waals surface area contributed by atoms with Crippen molar-refractivity contribution >= 4 is 27.0 Å². The molecule has 2 aromatic rings. The van der Waals surface area contributed by atoms with Gasteiger partial charge in [0.25, 0.3) is 10.0 Å². The summed E-state index contributed by atoms with van der Waals surface area (Å²) in [6, 6.07) is 6.54. The number of rotatable bonds is 4. The first kappa shape index (κ1) is 13.6. The van der Waals surface area contributed by atoms with Crippen LogP contribution in [0.5, 0.6) is 5.75 Å². The SMILES string of the molecule is COc1cccc(NS(=O)(=O)c2sc(=O)[nH]c2C)c1. The molecule has 0 aliphatic heterocycles. The Kier molecular flexibility index (Phi) is 3.63. The van der Waals surface area contributed by atoms with Gasteiger partial charge in [-0.25, -0.2) is 8.42 Å². The summed E-state index contributed by atoms with van der Waals surface area (Å²) in [5.74, 6) is 0.541. The summed E-state index contributed by atoms with van der Waals surface area (Å²) in [5.41, 5.74) is 0.699. The molecule has 0 fully saturated rings. The lowest BCUT2D eigenvalue weighted by molar-refractivity contribution is 0.415. The van der Waals surface area contributed by atoms with Crippen LogP contribution in [-0.4, -0.2) is 20.5 Å². The zero-order valence-electron chi connectivity index (χ0n) is 10.3. The van der Waals surface area contributed by atoms with Gasteiger partial charge in [0, 0.05) is 11.8 Å². The topological polar surface area (TPSA) is 88.3 Å². The number of H-pyrrole nitrogens is 1. The average Bonchev–Trinajstić information content (AvgIpc) is 2.69. The number of aromatic nitrogens is 1. The first-order valence-corrected chi connectivity index (χ1v) is 7.59. The van der Waals surface area contributed by atoms with Crippen LogP contribution in [0.25, 0.3) is 0 Å². The standard InChI is InChI=1S/C11H12N2O4S2/c1-7-10(18-11(14)12-7)19(15,16)13-8-4-3-5-9(6-8)17-2/h3-6,13H,1-2H3,(H,12,14). The molecule has 0 amide bonds. The number of aromatic amines is 1. The molecule has 2 N–H and O–H groups in total. The van der Waals surface area contributed by atoms with E-state index in [9.17, 15) is 13.2 Å². The van der Waals surface area contributed by atoms with Crippen molar-refractivity contribution in [3.05, 3.63) is 39.6 Å². The van der Waals surface area contributed by atoms with Gasteiger partial charge in [-0.15, -0.1) is 0 Å². The second-order valence-corrected chi connectivity index (χ2v) is 6.63. The minimum atomic E-state index is -3.77. The Labute approximate surface area is 114 Å². The van der Waals surface area contributed by atoms with Gasteiger partial charge in [-0.05, 0) is 19.1 Å². The van der Waals surface area contributed by atoms with Crippen molar-refractivity contribution in [2.75, 3.05) is 11.8 Å². The Morgan fingerprint density at radius 2 is 2.11 bits per heavy atom. The van der Waals surface area contributed by atoms with Crippen LogP contribution < -0.4 is 14.3 Å². The Bertz CT molecular complexity index is 746.